The molecule has 2 atom stereocenters. The topological polar surface area (TPSA) is 136 Å². The number of nitrogens with two attached hydrogens (primary N) is 2. The molecule has 41 heavy (non-hydrogen) atoms. The second-order valence-corrected chi connectivity index (χ2v) is 12.2. The first-order valence-electron chi connectivity index (χ1n) is 13.5. The number of aromatic nitrogens is 1. The Kier molecular flexibility index (Phi) is 6.97. The van der Waals surface area contributed by atoms with E-state index in [-0.39, 0.29) is 46.4 Å². The van der Waals surface area contributed by atoms with Crippen molar-refractivity contribution in [3.05, 3.63) is 74.6 Å². The van der Waals surface area contributed by atoms with Gasteiger partial charge in [-0.15, -0.1) is 0 Å². The van der Waals surface area contributed by atoms with Gasteiger partial charge in [-0.3, -0.25) is 9.79 Å². The SMILES string of the molecule is C[C@]1(N)COc2c1cc([C@@](O)(CNC(=O)c1cc(Cl)c(N)c(C=NC3CC3)c1)C1CC1)nc2-c1cccc(F)c1Cl. The van der Waals surface area contributed by atoms with Gasteiger partial charge in [0.25, 0.3) is 5.91 Å². The summed E-state index contributed by atoms with van der Waals surface area (Å²) in [4.78, 5) is 22.5. The number of aliphatic hydroxyl groups is 1. The lowest BCUT2D eigenvalue weighted by Crippen LogP contribution is -2.43. The van der Waals surface area contributed by atoms with Crippen molar-refractivity contribution in [3.8, 4) is 17.0 Å². The van der Waals surface area contributed by atoms with E-state index >= 15 is 0 Å². The Bertz CT molecular complexity index is 1590. The molecule has 0 spiro atoms. The quantitative estimate of drug-likeness (QED) is 0.214. The number of carbonyl (C=O) groups excluding carboxylic acids is 1. The fourth-order valence-corrected chi connectivity index (χ4v) is 5.55. The van der Waals surface area contributed by atoms with Crippen molar-refractivity contribution in [2.75, 3.05) is 18.9 Å². The predicted molar refractivity (Wildman–Crippen MR) is 157 cm³/mol. The second-order valence-electron chi connectivity index (χ2n) is 11.4. The molecule has 0 unspecified atom stereocenters. The molecule has 214 valence electrons. The van der Waals surface area contributed by atoms with Crippen LogP contribution < -0.4 is 21.5 Å². The Morgan fingerprint density at radius 3 is 2.76 bits per heavy atom. The lowest BCUT2D eigenvalue weighted by atomic mass is 9.87. The first kappa shape index (κ1) is 27.9. The number of rotatable bonds is 8. The fraction of sp³-hybridized carbons (Fsp3) is 0.367. The minimum absolute atomic E-state index is 0.113. The lowest BCUT2D eigenvalue weighted by Gasteiger charge is -2.30. The number of carbonyl (C=O) groups is 1. The van der Waals surface area contributed by atoms with Crippen LogP contribution in [0.15, 0.2) is 41.4 Å². The Morgan fingerprint density at radius 1 is 1.29 bits per heavy atom. The second kappa shape index (κ2) is 10.2. The monoisotopic (exact) mass is 597 g/mol. The summed E-state index contributed by atoms with van der Waals surface area (Å²) >= 11 is 12.7. The summed E-state index contributed by atoms with van der Waals surface area (Å²) < 4.78 is 20.3. The number of hydrogen-bond donors (Lipinski definition) is 4. The van der Waals surface area contributed by atoms with Crippen molar-refractivity contribution in [2.24, 2.45) is 16.6 Å². The number of benzene rings is 2. The highest BCUT2D eigenvalue weighted by Crippen LogP contribution is 2.49. The molecule has 0 saturated heterocycles. The normalized spacial score (nSPS) is 21.4. The molecule has 2 aromatic carbocycles. The van der Waals surface area contributed by atoms with E-state index in [1.165, 1.54) is 18.2 Å². The highest BCUT2D eigenvalue weighted by Gasteiger charge is 2.48. The van der Waals surface area contributed by atoms with Crippen LogP contribution in [0, 0.1) is 11.7 Å². The molecule has 1 amide bonds. The molecule has 11 heteroatoms. The van der Waals surface area contributed by atoms with Gasteiger partial charge in [-0.25, -0.2) is 9.37 Å². The molecular weight excluding hydrogens is 568 g/mol. The standard InChI is InChI=1S/C30H30Cl2FN5O3/c1-29(35)14-41-27-20(29)11-23(38-26(27)19-3-2-4-22(33)24(19)32)30(40,17-5-6-17)13-37-28(39)15-9-16(12-36-18-7-8-18)25(34)21(31)10-15/h2-4,9-12,17-18,40H,5-8,13-14,34-35H2,1H3,(H,37,39)/t29-,30+/m0/s1. The molecule has 8 nitrogen and oxygen atoms in total. The minimum Gasteiger partial charge on any atom is -0.489 e. The van der Waals surface area contributed by atoms with Gasteiger partial charge >= 0.3 is 0 Å². The van der Waals surface area contributed by atoms with Crippen molar-refractivity contribution in [1.29, 1.82) is 0 Å². The average Bonchev–Trinajstić information content (AvgIpc) is 3.87. The number of ether oxygens (including phenoxy) is 1. The number of pyridine rings is 1. The van der Waals surface area contributed by atoms with Crippen LogP contribution >= 0.6 is 23.2 Å². The molecular formula is C30H30Cl2FN5O3. The minimum atomic E-state index is -1.54. The van der Waals surface area contributed by atoms with Crippen molar-refractivity contribution in [3.63, 3.8) is 0 Å². The Hall–Kier alpha value is -3.24. The molecule has 3 aromatic rings. The van der Waals surface area contributed by atoms with Gasteiger partial charge in [-0.1, -0.05) is 35.3 Å². The van der Waals surface area contributed by atoms with Gasteiger partial charge in [0.15, 0.2) is 5.75 Å². The van der Waals surface area contributed by atoms with Crippen LogP contribution in [0.4, 0.5) is 10.1 Å². The van der Waals surface area contributed by atoms with Gasteiger partial charge in [0.2, 0.25) is 0 Å². The number of amides is 1. The summed E-state index contributed by atoms with van der Waals surface area (Å²) in [6.07, 6.45) is 5.20. The highest BCUT2D eigenvalue weighted by molar-refractivity contribution is 6.34. The zero-order valence-electron chi connectivity index (χ0n) is 22.4. The van der Waals surface area contributed by atoms with E-state index in [0.29, 0.717) is 33.8 Å². The summed E-state index contributed by atoms with van der Waals surface area (Å²) in [5.41, 5.74) is 13.0. The number of nitrogens with zero attached hydrogens (tertiary/aromatic N) is 2. The maximum absolute atomic E-state index is 14.4. The number of nitrogens with one attached hydrogen (secondary N) is 1. The Balaban J connectivity index is 1.35. The fourth-order valence-electron chi connectivity index (χ4n) is 5.10. The molecule has 2 saturated carbocycles. The first-order chi connectivity index (χ1) is 19.5. The van der Waals surface area contributed by atoms with E-state index in [1.54, 1.807) is 24.4 Å². The third kappa shape index (κ3) is 5.28. The van der Waals surface area contributed by atoms with Gasteiger partial charge < -0.3 is 26.6 Å². The number of halogens is 3. The Labute approximate surface area is 246 Å². The molecule has 1 aromatic heterocycles. The number of hydrogen-bond acceptors (Lipinski definition) is 7. The first-order valence-corrected chi connectivity index (χ1v) is 14.3. The summed E-state index contributed by atoms with van der Waals surface area (Å²) in [5, 5.41) is 15.1. The van der Waals surface area contributed by atoms with Gasteiger partial charge in [-0.05, 0) is 62.8 Å². The predicted octanol–water partition coefficient (Wildman–Crippen LogP) is 4.95. The van der Waals surface area contributed by atoms with Crippen LogP contribution in [0.5, 0.6) is 5.75 Å². The van der Waals surface area contributed by atoms with Crippen molar-refractivity contribution >= 4 is 41.0 Å². The van der Waals surface area contributed by atoms with Gasteiger partial charge in [0, 0.05) is 28.5 Å². The summed E-state index contributed by atoms with van der Waals surface area (Å²) in [5.74, 6) is -0.808. The zero-order valence-corrected chi connectivity index (χ0v) is 23.9. The van der Waals surface area contributed by atoms with Crippen LogP contribution in [0.3, 0.4) is 0 Å². The summed E-state index contributed by atoms with van der Waals surface area (Å²) in [7, 11) is 0. The van der Waals surface area contributed by atoms with Crippen molar-refractivity contribution in [2.45, 2.75) is 49.8 Å². The smallest absolute Gasteiger partial charge is 0.251 e. The molecule has 2 fully saturated rings. The zero-order chi connectivity index (χ0) is 29.1. The number of anilines is 1. The van der Waals surface area contributed by atoms with E-state index < -0.39 is 22.9 Å². The van der Waals surface area contributed by atoms with Crippen LogP contribution in [0.2, 0.25) is 10.0 Å². The van der Waals surface area contributed by atoms with E-state index in [9.17, 15) is 14.3 Å². The van der Waals surface area contributed by atoms with Gasteiger partial charge in [0.1, 0.15) is 23.7 Å². The average molecular weight is 599 g/mol. The summed E-state index contributed by atoms with van der Waals surface area (Å²) in [6.45, 7) is 1.86. The van der Waals surface area contributed by atoms with E-state index in [0.717, 1.165) is 25.7 Å². The van der Waals surface area contributed by atoms with Crippen molar-refractivity contribution in [1.82, 2.24) is 10.3 Å². The van der Waals surface area contributed by atoms with Crippen LogP contribution in [0.25, 0.3) is 11.3 Å². The van der Waals surface area contributed by atoms with E-state index in [2.05, 4.69) is 10.3 Å². The molecule has 6 rings (SSSR count). The Morgan fingerprint density at radius 2 is 2.05 bits per heavy atom. The van der Waals surface area contributed by atoms with Crippen molar-refractivity contribution < 1.29 is 19.0 Å². The molecule has 6 N–H and O–H groups in total. The van der Waals surface area contributed by atoms with Gasteiger partial charge in [-0.2, -0.15) is 0 Å². The molecule has 0 bridgehead atoms. The van der Waals surface area contributed by atoms with Crippen LogP contribution in [0.1, 0.15) is 59.8 Å². The molecule has 0 radical (unpaired) electrons. The summed E-state index contributed by atoms with van der Waals surface area (Å²) in [6, 6.07) is 9.55. The molecule has 2 heterocycles. The third-order valence-electron chi connectivity index (χ3n) is 7.92. The number of nitrogen functional groups attached to an aromatic ring is 1. The van der Waals surface area contributed by atoms with Crippen LogP contribution in [-0.2, 0) is 11.1 Å². The van der Waals surface area contributed by atoms with E-state index in [1.807, 2.05) is 6.92 Å². The largest absolute Gasteiger partial charge is 0.489 e. The molecule has 1 aliphatic heterocycles. The molecule has 3 aliphatic rings. The van der Waals surface area contributed by atoms with Crippen LogP contribution in [-0.4, -0.2) is 41.4 Å². The highest BCUT2D eigenvalue weighted by atomic mass is 35.5. The maximum atomic E-state index is 14.4. The van der Waals surface area contributed by atoms with E-state index in [4.69, 9.17) is 44.4 Å². The maximum Gasteiger partial charge on any atom is 0.251 e. The molecule has 2 aliphatic carbocycles. The lowest BCUT2D eigenvalue weighted by molar-refractivity contribution is 0.00947. The van der Waals surface area contributed by atoms with Gasteiger partial charge in [0.05, 0.1) is 39.6 Å². The number of aliphatic imine (C=N–C) groups is 1. The number of fused-ring (bicyclic) bond motifs is 1. The third-order valence-corrected chi connectivity index (χ3v) is 8.62.